The van der Waals surface area contributed by atoms with Crippen molar-refractivity contribution in [1.29, 1.82) is 0 Å². The number of benzene rings is 1. The maximum absolute atomic E-state index is 5.88. The summed E-state index contributed by atoms with van der Waals surface area (Å²) in [4.78, 5) is 0. The fraction of sp³-hybridized carbons (Fsp3) is 0.571. The zero-order valence-electron chi connectivity index (χ0n) is 10.8. The number of ether oxygens (including phenoxy) is 2. The van der Waals surface area contributed by atoms with Crippen LogP contribution in [0.5, 0.6) is 11.5 Å². The molecule has 2 unspecified atom stereocenters. The number of fused-ring (bicyclic) bond motifs is 1. The van der Waals surface area contributed by atoms with Crippen LogP contribution in [0.15, 0.2) is 12.1 Å². The summed E-state index contributed by atoms with van der Waals surface area (Å²) >= 11 is 0. The second-order valence-corrected chi connectivity index (χ2v) is 4.81. The van der Waals surface area contributed by atoms with Gasteiger partial charge in [0.25, 0.3) is 0 Å². The van der Waals surface area contributed by atoms with E-state index in [1.54, 1.807) is 7.11 Å². The lowest BCUT2D eigenvalue weighted by Crippen LogP contribution is -2.18. The maximum Gasteiger partial charge on any atom is 0.123 e. The predicted molar refractivity (Wildman–Crippen MR) is 68.8 cm³/mol. The van der Waals surface area contributed by atoms with Crippen LogP contribution in [0, 0.1) is 0 Å². The van der Waals surface area contributed by atoms with Gasteiger partial charge in [0.2, 0.25) is 0 Å². The summed E-state index contributed by atoms with van der Waals surface area (Å²) in [5.41, 5.74) is 8.24. The number of rotatable bonds is 4. The highest BCUT2D eigenvalue weighted by Crippen LogP contribution is 2.36. The highest BCUT2D eigenvalue weighted by molar-refractivity contribution is 5.49. The van der Waals surface area contributed by atoms with Gasteiger partial charge in [-0.15, -0.1) is 0 Å². The Kier molecular flexibility index (Phi) is 3.57. The van der Waals surface area contributed by atoms with E-state index in [2.05, 4.69) is 19.1 Å². The lowest BCUT2D eigenvalue weighted by molar-refractivity contribution is 0.228. The molecule has 94 valence electrons. The van der Waals surface area contributed by atoms with E-state index in [0.29, 0.717) is 6.10 Å². The predicted octanol–water partition coefficient (Wildman–Crippen LogP) is 2.30. The zero-order chi connectivity index (χ0) is 12.4. The van der Waals surface area contributed by atoms with E-state index in [0.717, 1.165) is 36.3 Å². The first-order valence-corrected chi connectivity index (χ1v) is 6.26. The molecular weight excluding hydrogens is 214 g/mol. The van der Waals surface area contributed by atoms with Gasteiger partial charge < -0.3 is 15.2 Å². The first kappa shape index (κ1) is 12.2. The number of hydrogen-bond acceptors (Lipinski definition) is 3. The van der Waals surface area contributed by atoms with Crippen LogP contribution < -0.4 is 15.2 Å². The van der Waals surface area contributed by atoms with Crippen LogP contribution in [0.1, 0.15) is 31.4 Å². The lowest BCUT2D eigenvalue weighted by Gasteiger charge is -2.12. The van der Waals surface area contributed by atoms with Crippen molar-refractivity contribution in [2.75, 3.05) is 7.11 Å². The molecule has 1 aromatic rings. The van der Waals surface area contributed by atoms with Gasteiger partial charge in [0, 0.05) is 18.0 Å². The molecule has 1 aliphatic heterocycles. The van der Waals surface area contributed by atoms with Crippen molar-refractivity contribution in [2.24, 2.45) is 5.73 Å². The topological polar surface area (TPSA) is 44.5 Å². The van der Waals surface area contributed by atoms with Crippen molar-refractivity contribution < 1.29 is 9.47 Å². The third kappa shape index (κ3) is 2.55. The molecule has 3 heteroatoms. The highest BCUT2D eigenvalue weighted by Gasteiger charge is 2.23. The summed E-state index contributed by atoms with van der Waals surface area (Å²) in [6.07, 6.45) is 3.16. The maximum atomic E-state index is 5.88. The molecule has 0 saturated heterocycles. The molecule has 2 atom stereocenters. The molecule has 0 amide bonds. The normalized spacial score (nSPS) is 19.6. The van der Waals surface area contributed by atoms with Crippen molar-refractivity contribution in [2.45, 2.75) is 45.3 Å². The summed E-state index contributed by atoms with van der Waals surface area (Å²) in [5.74, 6) is 1.94. The van der Waals surface area contributed by atoms with E-state index < -0.39 is 0 Å². The summed E-state index contributed by atoms with van der Waals surface area (Å²) in [5, 5.41) is 0. The van der Waals surface area contributed by atoms with Crippen molar-refractivity contribution in [3.05, 3.63) is 23.3 Å². The Morgan fingerprint density at radius 1 is 1.53 bits per heavy atom. The summed E-state index contributed by atoms with van der Waals surface area (Å²) in [6, 6.07) is 4.32. The van der Waals surface area contributed by atoms with Crippen LogP contribution in [0.2, 0.25) is 0 Å². The minimum Gasteiger partial charge on any atom is -0.496 e. The molecule has 0 bridgehead atoms. The largest absolute Gasteiger partial charge is 0.496 e. The van der Waals surface area contributed by atoms with Gasteiger partial charge in [-0.1, -0.05) is 6.92 Å². The van der Waals surface area contributed by atoms with Gasteiger partial charge in [0.15, 0.2) is 0 Å². The van der Waals surface area contributed by atoms with Gasteiger partial charge in [0.1, 0.15) is 17.6 Å². The van der Waals surface area contributed by atoms with E-state index in [9.17, 15) is 0 Å². The Morgan fingerprint density at radius 3 is 2.88 bits per heavy atom. The number of hydrogen-bond donors (Lipinski definition) is 1. The van der Waals surface area contributed by atoms with Gasteiger partial charge in [-0.3, -0.25) is 0 Å². The molecule has 0 aromatic heterocycles. The molecule has 1 aliphatic rings. The molecule has 2 rings (SSSR count). The molecule has 17 heavy (non-hydrogen) atoms. The van der Waals surface area contributed by atoms with Gasteiger partial charge in [0.05, 0.1) is 7.11 Å². The molecule has 0 aliphatic carbocycles. The van der Waals surface area contributed by atoms with Crippen molar-refractivity contribution in [3.63, 3.8) is 0 Å². The van der Waals surface area contributed by atoms with Crippen LogP contribution in [0.3, 0.4) is 0 Å². The molecule has 0 radical (unpaired) electrons. The quantitative estimate of drug-likeness (QED) is 0.871. The molecule has 1 heterocycles. The van der Waals surface area contributed by atoms with E-state index in [4.69, 9.17) is 15.2 Å². The average Bonchev–Trinajstić information content (AvgIpc) is 2.69. The molecular formula is C14H21NO2. The molecule has 0 spiro atoms. The zero-order valence-corrected chi connectivity index (χ0v) is 10.8. The number of nitrogens with two attached hydrogens (primary N) is 1. The van der Waals surface area contributed by atoms with Gasteiger partial charge >= 0.3 is 0 Å². The van der Waals surface area contributed by atoms with Crippen molar-refractivity contribution in [1.82, 2.24) is 0 Å². The average molecular weight is 235 g/mol. The fourth-order valence-corrected chi connectivity index (χ4v) is 2.30. The SMILES string of the molecule is CCC1Cc2cc(OC)c(CC(C)N)cc2O1. The molecule has 1 aromatic carbocycles. The van der Waals surface area contributed by atoms with E-state index in [1.165, 1.54) is 5.56 Å². The lowest BCUT2D eigenvalue weighted by atomic mass is 10.0. The Morgan fingerprint density at radius 2 is 2.29 bits per heavy atom. The standard InChI is InChI=1S/C14H21NO2/c1-4-12-6-11-7-13(16-3)10(5-9(2)15)8-14(11)17-12/h7-9,12H,4-6,15H2,1-3H3. The smallest absolute Gasteiger partial charge is 0.123 e. The Bertz CT molecular complexity index is 401. The molecule has 3 nitrogen and oxygen atoms in total. The molecule has 2 N–H and O–H groups in total. The molecule has 0 saturated carbocycles. The van der Waals surface area contributed by atoms with Crippen LogP contribution in [-0.4, -0.2) is 19.3 Å². The van der Waals surface area contributed by atoms with E-state index in [1.807, 2.05) is 6.92 Å². The Balaban J connectivity index is 2.30. The van der Waals surface area contributed by atoms with Crippen molar-refractivity contribution in [3.8, 4) is 11.5 Å². The minimum absolute atomic E-state index is 0.130. The minimum atomic E-state index is 0.130. The first-order chi connectivity index (χ1) is 8.13. The third-order valence-electron chi connectivity index (χ3n) is 3.20. The fourth-order valence-electron chi connectivity index (χ4n) is 2.30. The molecule has 0 fully saturated rings. The Labute approximate surface area is 103 Å². The summed E-state index contributed by atoms with van der Waals surface area (Å²) in [6.45, 7) is 4.15. The highest BCUT2D eigenvalue weighted by atomic mass is 16.5. The second kappa shape index (κ2) is 4.96. The monoisotopic (exact) mass is 235 g/mol. The van der Waals surface area contributed by atoms with Gasteiger partial charge in [-0.2, -0.15) is 0 Å². The first-order valence-electron chi connectivity index (χ1n) is 6.26. The van der Waals surface area contributed by atoms with E-state index in [-0.39, 0.29) is 6.04 Å². The van der Waals surface area contributed by atoms with Gasteiger partial charge in [-0.05, 0) is 37.5 Å². The van der Waals surface area contributed by atoms with Crippen LogP contribution >= 0.6 is 0 Å². The third-order valence-corrected chi connectivity index (χ3v) is 3.20. The second-order valence-electron chi connectivity index (χ2n) is 4.81. The van der Waals surface area contributed by atoms with E-state index >= 15 is 0 Å². The van der Waals surface area contributed by atoms with Crippen LogP contribution in [-0.2, 0) is 12.8 Å². The summed E-state index contributed by atoms with van der Waals surface area (Å²) < 4.78 is 11.3. The van der Waals surface area contributed by atoms with Crippen LogP contribution in [0.4, 0.5) is 0 Å². The van der Waals surface area contributed by atoms with Crippen LogP contribution in [0.25, 0.3) is 0 Å². The number of methoxy groups -OCH3 is 1. The van der Waals surface area contributed by atoms with Crippen molar-refractivity contribution >= 4 is 0 Å². The summed E-state index contributed by atoms with van der Waals surface area (Å²) in [7, 11) is 1.71. The van der Waals surface area contributed by atoms with Gasteiger partial charge in [-0.25, -0.2) is 0 Å². The Hall–Kier alpha value is -1.22.